The predicted octanol–water partition coefficient (Wildman–Crippen LogP) is 5.29. The summed E-state index contributed by atoms with van der Waals surface area (Å²) in [6.07, 6.45) is 11.2. The molecule has 6 rings (SSSR count). The number of aryl methyl sites for hydroxylation is 1. The van der Waals surface area contributed by atoms with Crippen molar-refractivity contribution >= 4 is 12.0 Å². The standard InChI is InChI=1S/C31H42N4O4/c1-3-38-30(37)35-24-9-5-6-10-26(35)18-25(13-12-24)33-16-14-31(15-17-33)21-34(19-23-8-4-7-11-28(23)31)29(36)27-20-39-32-22(27)2/h4,7-8,11,20,24-26H,3,5-6,9-10,12-19,21H2,1-2H3. The maximum absolute atomic E-state index is 13.5. The van der Waals surface area contributed by atoms with Gasteiger partial charge in [0.1, 0.15) is 11.8 Å². The van der Waals surface area contributed by atoms with Gasteiger partial charge in [0, 0.05) is 36.6 Å². The lowest BCUT2D eigenvalue weighted by atomic mass is 9.68. The van der Waals surface area contributed by atoms with Gasteiger partial charge in [0.15, 0.2) is 0 Å². The molecule has 210 valence electrons. The summed E-state index contributed by atoms with van der Waals surface area (Å²) in [5.41, 5.74) is 3.84. The van der Waals surface area contributed by atoms with Crippen LogP contribution in [0.3, 0.4) is 0 Å². The second-order valence-corrected chi connectivity index (χ2v) is 12.1. The Morgan fingerprint density at radius 2 is 1.79 bits per heavy atom. The van der Waals surface area contributed by atoms with E-state index in [1.54, 1.807) is 0 Å². The van der Waals surface area contributed by atoms with Gasteiger partial charge in [-0.1, -0.05) is 42.3 Å². The third kappa shape index (κ3) is 4.96. The minimum absolute atomic E-state index is 0.0104. The lowest BCUT2D eigenvalue weighted by molar-refractivity contribution is 0.0469. The fraction of sp³-hybridized carbons (Fsp3) is 0.645. The van der Waals surface area contributed by atoms with E-state index in [4.69, 9.17) is 9.26 Å². The topological polar surface area (TPSA) is 79.1 Å². The number of carbonyl (C=O) groups is 2. The van der Waals surface area contributed by atoms with Crippen LogP contribution in [0.1, 0.15) is 91.9 Å². The van der Waals surface area contributed by atoms with Crippen molar-refractivity contribution < 1.29 is 18.8 Å². The van der Waals surface area contributed by atoms with Gasteiger partial charge in [0.25, 0.3) is 5.91 Å². The first-order valence-corrected chi connectivity index (χ1v) is 15.0. The monoisotopic (exact) mass is 534 g/mol. The lowest BCUT2D eigenvalue weighted by Gasteiger charge is -2.50. The van der Waals surface area contributed by atoms with Crippen molar-refractivity contribution in [3.8, 4) is 0 Å². The number of rotatable bonds is 3. The molecule has 2 bridgehead atoms. The Balaban J connectivity index is 1.19. The van der Waals surface area contributed by atoms with E-state index in [9.17, 15) is 9.59 Å². The zero-order chi connectivity index (χ0) is 27.0. The SMILES string of the molecule is CCOC(=O)N1C2CCCCC1CC(N1CCC3(CC1)CN(C(=O)c1conc1C)Cc1ccccc13)CC2. The molecule has 3 fully saturated rings. The molecule has 39 heavy (non-hydrogen) atoms. The minimum Gasteiger partial charge on any atom is -0.450 e. The van der Waals surface area contributed by atoms with E-state index < -0.39 is 0 Å². The van der Waals surface area contributed by atoms with Gasteiger partial charge in [-0.25, -0.2) is 4.79 Å². The summed E-state index contributed by atoms with van der Waals surface area (Å²) in [6.45, 7) is 7.55. The summed E-state index contributed by atoms with van der Waals surface area (Å²) in [4.78, 5) is 33.3. The minimum atomic E-state index is -0.112. The van der Waals surface area contributed by atoms with Crippen molar-refractivity contribution in [1.82, 2.24) is 19.9 Å². The predicted molar refractivity (Wildman–Crippen MR) is 147 cm³/mol. The third-order valence-electron chi connectivity index (χ3n) is 9.95. The molecule has 2 aromatic rings. The fourth-order valence-corrected chi connectivity index (χ4v) is 7.94. The normalized spacial score (nSPS) is 27.0. The van der Waals surface area contributed by atoms with Crippen LogP contribution in [0.25, 0.3) is 0 Å². The Hall–Kier alpha value is -2.87. The molecule has 8 heteroatoms. The van der Waals surface area contributed by atoms with E-state index in [1.807, 2.05) is 18.7 Å². The van der Waals surface area contributed by atoms with E-state index in [1.165, 1.54) is 30.2 Å². The summed E-state index contributed by atoms with van der Waals surface area (Å²) < 4.78 is 10.6. The molecule has 3 atom stereocenters. The molecule has 0 N–H and O–H groups in total. The van der Waals surface area contributed by atoms with Crippen LogP contribution in [0, 0.1) is 6.92 Å². The molecule has 3 unspecified atom stereocenters. The molecule has 0 aliphatic carbocycles. The van der Waals surface area contributed by atoms with Crippen LogP contribution < -0.4 is 0 Å². The van der Waals surface area contributed by atoms with Crippen LogP contribution in [-0.4, -0.2) is 76.2 Å². The molecule has 1 spiro atoms. The van der Waals surface area contributed by atoms with E-state index in [-0.39, 0.29) is 23.5 Å². The summed E-state index contributed by atoms with van der Waals surface area (Å²) in [5, 5.41) is 3.94. The highest BCUT2D eigenvalue weighted by molar-refractivity contribution is 5.95. The van der Waals surface area contributed by atoms with E-state index in [0.717, 1.165) is 64.6 Å². The molecule has 2 amide bonds. The molecule has 1 aromatic carbocycles. The smallest absolute Gasteiger partial charge is 0.410 e. The van der Waals surface area contributed by atoms with Gasteiger partial charge in [0.05, 0.1) is 12.3 Å². The highest BCUT2D eigenvalue weighted by atomic mass is 16.6. The van der Waals surface area contributed by atoms with Crippen LogP contribution in [0.15, 0.2) is 35.1 Å². The van der Waals surface area contributed by atoms with Gasteiger partial charge in [-0.05, 0) is 83.0 Å². The maximum Gasteiger partial charge on any atom is 0.410 e. The first-order chi connectivity index (χ1) is 19.0. The Morgan fingerprint density at radius 3 is 2.54 bits per heavy atom. The number of carbonyl (C=O) groups excluding carboxylic acids is 2. The van der Waals surface area contributed by atoms with Crippen LogP contribution in [0.2, 0.25) is 0 Å². The Labute approximate surface area is 231 Å². The lowest BCUT2D eigenvalue weighted by Crippen LogP contribution is -2.55. The van der Waals surface area contributed by atoms with Gasteiger partial charge in [0.2, 0.25) is 0 Å². The number of likely N-dealkylation sites (tertiary alicyclic amines) is 1. The number of hydrogen-bond acceptors (Lipinski definition) is 6. The Morgan fingerprint density at radius 1 is 1.05 bits per heavy atom. The van der Waals surface area contributed by atoms with Crippen molar-refractivity contribution in [2.45, 2.75) is 102 Å². The fourth-order valence-electron chi connectivity index (χ4n) is 7.94. The quantitative estimate of drug-likeness (QED) is 0.532. The van der Waals surface area contributed by atoms with E-state index >= 15 is 0 Å². The average Bonchev–Trinajstić information content (AvgIpc) is 3.17. The van der Waals surface area contributed by atoms with Crippen LogP contribution in [-0.2, 0) is 16.7 Å². The number of aromatic nitrogens is 1. The number of fused-ring (bicyclic) bond motifs is 4. The number of ether oxygens (including phenoxy) is 1. The zero-order valence-corrected chi connectivity index (χ0v) is 23.4. The third-order valence-corrected chi connectivity index (χ3v) is 9.95. The number of nitrogens with zero attached hydrogens (tertiary/aromatic N) is 4. The van der Waals surface area contributed by atoms with Gasteiger partial charge >= 0.3 is 6.09 Å². The Bertz CT molecular complexity index is 1190. The van der Waals surface area contributed by atoms with Crippen molar-refractivity contribution in [3.63, 3.8) is 0 Å². The van der Waals surface area contributed by atoms with Gasteiger partial charge in [-0.15, -0.1) is 0 Å². The molecule has 0 saturated carbocycles. The van der Waals surface area contributed by atoms with E-state index in [0.29, 0.717) is 36.5 Å². The van der Waals surface area contributed by atoms with Gasteiger partial charge in [-0.3, -0.25) is 4.79 Å². The van der Waals surface area contributed by atoms with Crippen molar-refractivity contribution in [3.05, 3.63) is 52.9 Å². The van der Waals surface area contributed by atoms with Gasteiger partial charge in [-0.2, -0.15) is 0 Å². The molecule has 4 aliphatic heterocycles. The van der Waals surface area contributed by atoms with Crippen LogP contribution >= 0.6 is 0 Å². The molecule has 0 radical (unpaired) electrons. The zero-order valence-electron chi connectivity index (χ0n) is 23.4. The van der Waals surface area contributed by atoms with E-state index in [2.05, 4.69) is 39.2 Å². The molecule has 1 aromatic heterocycles. The summed E-state index contributed by atoms with van der Waals surface area (Å²) >= 11 is 0. The van der Waals surface area contributed by atoms with Crippen LogP contribution in [0.4, 0.5) is 4.79 Å². The van der Waals surface area contributed by atoms with Crippen LogP contribution in [0.5, 0.6) is 0 Å². The number of amides is 2. The number of benzene rings is 1. The molecule has 5 heterocycles. The highest BCUT2D eigenvalue weighted by Gasteiger charge is 2.46. The second-order valence-electron chi connectivity index (χ2n) is 12.1. The highest BCUT2D eigenvalue weighted by Crippen LogP contribution is 2.44. The first-order valence-electron chi connectivity index (χ1n) is 15.0. The Kier molecular flexibility index (Phi) is 7.40. The summed E-state index contributed by atoms with van der Waals surface area (Å²) in [7, 11) is 0. The van der Waals surface area contributed by atoms with Crippen molar-refractivity contribution in [2.24, 2.45) is 0 Å². The second kappa shape index (κ2) is 11.0. The summed E-state index contributed by atoms with van der Waals surface area (Å²) in [5.74, 6) is 0.0104. The molecule has 4 aliphatic rings. The number of hydrogen-bond donors (Lipinski definition) is 0. The largest absolute Gasteiger partial charge is 0.450 e. The molecule has 3 saturated heterocycles. The van der Waals surface area contributed by atoms with Crippen molar-refractivity contribution in [2.75, 3.05) is 26.2 Å². The molecular weight excluding hydrogens is 492 g/mol. The molecule has 8 nitrogen and oxygen atoms in total. The average molecular weight is 535 g/mol. The molecular formula is C31H42N4O4. The maximum atomic E-state index is 13.5. The summed E-state index contributed by atoms with van der Waals surface area (Å²) in [6, 6.07) is 9.77. The van der Waals surface area contributed by atoms with Gasteiger partial charge < -0.3 is 24.0 Å². The van der Waals surface area contributed by atoms with Crippen molar-refractivity contribution in [1.29, 1.82) is 0 Å². The number of piperidine rings is 1. The first kappa shape index (κ1) is 26.4.